The molecule has 0 spiro atoms. The van der Waals surface area contributed by atoms with E-state index in [1.807, 2.05) is 38.4 Å². The molecule has 0 radical (unpaired) electrons. The maximum Gasteiger partial charge on any atom is 0.412 e. The number of fused-ring (bicyclic) bond motifs is 3. The molecule has 1 aliphatic heterocycles. The van der Waals surface area contributed by atoms with Gasteiger partial charge in [-0.2, -0.15) is 0 Å². The van der Waals surface area contributed by atoms with Crippen LogP contribution < -0.4 is 4.90 Å². The van der Waals surface area contributed by atoms with Crippen molar-refractivity contribution in [2.45, 2.75) is 38.6 Å². The average Bonchev–Trinajstić information content (AvgIpc) is 2.96. The van der Waals surface area contributed by atoms with Gasteiger partial charge in [0.05, 0.1) is 16.7 Å². The van der Waals surface area contributed by atoms with Gasteiger partial charge in [-0.15, -0.1) is 0 Å². The van der Waals surface area contributed by atoms with Crippen LogP contribution in [0, 0.1) is 0 Å². The molecule has 3 aromatic rings. The third-order valence-electron chi connectivity index (χ3n) is 5.30. The quantitative estimate of drug-likeness (QED) is 0.784. The predicted octanol–water partition coefficient (Wildman–Crippen LogP) is 3.57. The molecule has 6 nitrogen and oxygen atoms in total. The van der Waals surface area contributed by atoms with E-state index in [0.717, 1.165) is 53.8 Å². The molecule has 1 aliphatic rings. The number of benzene rings is 1. The Morgan fingerprint density at radius 3 is 2.88 bits per heavy atom. The van der Waals surface area contributed by atoms with Crippen molar-refractivity contribution in [3.05, 3.63) is 53.6 Å². The summed E-state index contributed by atoms with van der Waals surface area (Å²) in [5, 5.41) is 9.59. The lowest BCUT2D eigenvalue weighted by Gasteiger charge is -2.33. The summed E-state index contributed by atoms with van der Waals surface area (Å²) < 4.78 is 2.12. The zero-order valence-electron chi connectivity index (χ0n) is 15.0. The van der Waals surface area contributed by atoms with Gasteiger partial charge in [-0.25, -0.2) is 9.78 Å². The Bertz CT molecular complexity index is 965. The topological polar surface area (TPSA) is 71.2 Å². The van der Waals surface area contributed by atoms with Crippen molar-refractivity contribution in [1.82, 2.24) is 14.5 Å². The van der Waals surface area contributed by atoms with Crippen molar-refractivity contribution in [2.75, 3.05) is 4.90 Å². The minimum absolute atomic E-state index is 0.00814. The largest absolute Gasteiger partial charge is 0.465 e. The summed E-state index contributed by atoms with van der Waals surface area (Å²) in [4.78, 5) is 22.2. The molecular formula is C20H22N4O2. The molecule has 0 aliphatic carbocycles. The maximum atomic E-state index is 11.7. The Hall–Kier alpha value is -2.89. The SMILES string of the molecule is C[C@H]1CCc2c(ccc3c2nc(CCc2cccnc2)n3C)N1C(=O)O. The van der Waals surface area contributed by atoms with Crippen LogP contribution in [0.1, 0.15) is 30.3 Å². The van der Waals surface area contributed by atoms with Crippen LogP contribution in [-0.4, -0.2) is 31.8 Å². The fourth-order valence-electron chi connectivity index (χ4n) is 3.86. The van der Waals surface area contributed by atoms with Gasteiger partial charge in [0.1, 0.15) is 5.82 Å². The van der Waals surface area contributed by atoms with E-state index in [1.54, 1.807) is 6.20 Å². The van der Waals surface area contributed by atoms with Gasteiger partial charge in [0.25, 0.3) is 0 Å². The summed E-state index contributed by atoms with van der Waals surface area (Å²) in [5.74, 6) is 1.01. The molecule has 0 unspecified atom stereocenters. The first-order chi connectivity index (χ1) is 12.6. The molecular weight excluding hydrogens is 328 g/mol. The fourth-order valence-corrected chi connectivity index (χ4v) is 3.86. The van der Waals surface area contributed by atoms with Crippen molar-refractivity contribution in [1.29, 1.82) is 0 Å². The highest BCUT2D eigenvalue weighted by molar-refractivity contribution is 5.94. The van der Waals surface area contributed by atoms with Crippen LogP contribution in [0.2, 0.25) is 0 Å². The van der Waals surface area contributed by atoms with Crippen molar-refractivity contribution in [3.8, 4) is 0 Å². The lowest BCUT2D eigenvalue weighted by atomic mass is 9.96. The fraction of sp³-hybridized carbons (Fsp3) is 0.350. The smallest absolute Gasteiger partial charge is 0.412 e. The number of carboxylic acid groups (broad SMARTS) is 1. The third-order valence-corrected chi connectivity index (χ3v) is 5.30. The van der Waals surface area contributed by atoms with E-state index >= 15 is 0 Å². The highest BCUT2D eigenvalue weighted by atomic mass is 16.4. The Morgan fingerprint density at radius 2 is 2.15 bits per heavy atom. The monoisotopic (exact) mass is 350 g/mol. The maximum absolute atomic E-state index is 11.7. The summed E-state index contributed by atoms with van der Waals surface area (Å²) in [6, 6.07) is 7.93. The number of amides is 1. The minimum atomic E-state index is -0.898. The van der Waals surface area contributed by atoms with E-state index in [4.69, 9.17) is 4.98 Å². The molecule has 1 amide bonds. The lowest BCUT2D eigenvalue weighted by molar-refractivity contribution is 0.198. The standard InChI is InChI=1S/C20H22N4O2/c1-13-5-7-15-16(24(13)20(25)26)8-9-17-19(15)22-18(23(17)2)10-6-14-4-3-11-21-12-14/h3-4,8-9,11-13H,5-7,10H2,1-2H3,(H,25,26)/t13-/m0/s1. The second kappa shape index (κ2) is 6.44. The first kappa shape index (κ1) is 16.6. The second-order valence-electron chi connectivity index (χ2n) is 6.92. The Balaban J connectivity index is 1.72. The van der Waals surface area contributed by atoms with E-state index in [0.29, 0.717) is 0 Å². The van der Waals surface area contributed by atoms with Gasteiger partial charge in [0.2, 0.25) is 0 Å². The highest BCUT2D eigenvalue weighted by Gasteiger charge is 2.30. The Labute approximate surface area is 152 Å². The van der Waals surface area contributed by atoms with Crippen LogP contribution in [0.15, 0.2) is 36.7 Å². The van der Waals surface area contributed by atoms with Gasteiger partial charge in [0, 0.05) is 37.5 Å². The van der Waals surface area contributed by atoms with Gasteiger partial charge in [-0.05, 0) is 49.9 Å². The van der Waals surface area contributed by atoms with Gasteiger partial charge >= 0.3 is 6.09 Å². The van der Waals surface area contributed by atoms with E-state index < -0.39 is 6.09 Å². The number of anilines is 1. The van der Waals surface area contributed by atoms with E-state index in [-0.39, 0.29) is 6.04 Å². The first-order valence-corrected chi connectivity index (χ1v) is 8.94. The Kier molecular flexibility index (Phi) is 4.11. The molecule has 0 saturated heterocycles. The summed E-state index contributed by atoms with van der Waals surface area (Å²) in [5.41, 5.74) is 5.01. The van der Waals surface area contributed by atoms with Crippen molar-refractivity contribution < 1.29 is 9.90 Å². The van der Waals surface area contributed by atoms with Crippen LogP contribution in [0.25, 0.3) is 11.0 Å². The van der Waals surface area contributed by atoms with Crippen molar-refractivity contribution in [2.24, 2.45) is 7.05 Å². The number of hydrogen-bond donors (Lipinski definition) is 1. The summed E-state index contributed by atoms with van der Waals surface area (Å²) in [6.45, 7) is 1.96. The van der Waals surface area contributed by atoms with Crippen molar-refractivity contribution in [3.63, 3.8) is 0 Å². The van der Waals surface area contributed by atoms with Gasteiger partial charge in [-0.3, -0.25) is 9.88 Å². The number of nitrogens with zero attached hydrogens (tertiary/aromatic N) is 4. The predicted molar refractivity (Wildman–Crippen MR) is 101 cm³/mol. The molecule has 1 aromatic carbocycles. The van der Waals surface area contributed by atoms with E-state index in [9.17, 15) is 9.90 Å². The lowest BCUT2D eigenvalue weighted by Crippen LogP contribution is -2.41. The average molecular weight is 350 g/mol. The third kappa shape index (κ3) is 2.71. The van der Waals surface area contributed by atoms with Crippen molar-refractivity contribution >= 4 is 22.8 Å². The zero-order chi connectivity index (χ0) is 18.3. The molecule has 2 aromatic heterocycles. The van der Waals surface area contributed by atoms with Gasteiger partial charge in [-0.1, -0.05) is 6.07 Å². The van der Waals surface area contributed by atoms with Gasteiger partial charge < -0.3 is 9.67 Å². The number of pyridine rings is 1. The molecule has 1 atom stereocenters. The molecule has 0 bridgehead atoms. The molecule has 0 saturated carbocycles. The molecule has 4 rings (SSSR count). The number of hydrogen-bond acceptors (Lipinski definition) is 3. The van der Waals surface area contributed by atoms with Crippen LogP contribution in [0.5, 0.6) is 0 Å². The van der Waals surface area contributed by atoms with E-state index in [2.05, 4.69) is 15.6 Å². The molecule has 1 N–H and O–H groups in total. The number of carbonyl (C=O) groups is 1. The number of aromatic nitrogens is 3. The van der Waals surface area contributed by atoms with Crippen LogP contribution in [0.3, 0.4) is 0 Å². The van der Waals surface area contributed by atoms with Crippen LogP contribution in [-0.2, 0) is 26.3 Å². The summed E-state index contributed by atoms with van der Waals surface area (Å²) in [6.07, 6.45) is 6.15. The van der Waals surface area contributed by atoms with Crippen LogP contribution in [0.4, 0.5) is 10.5 Å². The molecule has 134 valence electrons. The number of imidazole rings is 1. The highest BCUT2D eigenvalue weighted by Crippen LogP contribution is 2.36. The van der Waals surface area contributed by atoms with Crippen LogP contribution >= 0.6 is 0 Å². The molecule has 0 fully saturated rings. The van der Waals surface area contributed by atoms with E-state index in [1.165, 1.54) is 10.5 Å². The molecule has 26 heavy (non-hydrogen) atoms. The number of aryl methyl sites for hydroxylation is 4. The zero-order valence-corrected chi connectivity index (χ0v) is 15.0. The summed E-state index contributed by atoms with van der Waals surface area (Å²) >= 11 is 0. The van der Waals surface area contributed by atoms with Gasteiger partial charge in [0.15, 0.2) is 0 Å². The normalized spacial score (nSPS) is 16.7. The molecule has 3 heterocycles. The summed E-state index contributed by atoms with van der Waals surface area (Å²) in [7, 11) is 2.03. The Morgan fingerprint density at radius 1 is 1.31 bits per heavy atom. The number of rotatable bonds is 3. The minimum Gasteiger partial charge on any atom is -0.465 e. The second-order valence-corrected chi connectivity index (χ2v) is 6.92. The first-order valence-electron chi connectivity index (χ1n) is 8.94. The molecule has 6 heteroatoms.